The van der Waals surface area contributed by atoms with Crippen molar-refractivity contribution in [3.63, 3.8) is 0 Å². The smallest absolute Gasteiger partial charge is 0.0290 e. The van der Waals surface area contributed by atoms with Gasteiger partial charge in [0.2, 0.25) is 0 Å². The van der Waals surface area contributed by atoms with Gasteiger partial charge in [0.15, 0.2) is 0 Å². The summed E-state index contributed by atoms with van der Waals surface area (Å²) in [6.07, 6.45) is 7.08. The summed E-state index contributed by atoms with van der Waals surface area (Å²) in [7, 11) is 0. The molecule has 0 aromatic heterocycles. The van der Waals surface area contributed by atoms with E-state index in [1.165, 1.54) is 37.8 Å². The van der Waals surface area contributed by atoms with Crippen molar-refractivity contribution in [2.75, 3.05) is 0 Å². The second-order valence-corrected chi connectivity index (χ2v) is 3.96. The predicted octanol–water partition coefficient (Wildman–Crippen LogP) is 2.54. The molecule has 0 aromatic carbocycles. The molecule has 0 aromatic rings. The first-order valence-corrected chi connectivity index (χ1v) is 4.73. The summed E-state index contributed by atoms with van der Waals surface area (Å²) in [6.45, 7) is 6.20. The van der Waals surface area contributed by atoms with Crippen LogP contribution in [0.2, 0.25) is 0 Å². The van der Waals surface area contributed by atoms with Crippen LogP contribution in [0.3, 0.4) is 0 Å². The van der Waals surface area contributed by atoms with Crippen LogP contribution in [0.15, 0.2) is 12.3 Å². The van der Waals surface area contributed by atoms with Gasteiger partial charge < -0.3 is 4.90 Å². The highest BCUT2D eigenvalue weighted by Crippen LogP contribution is 2.37. The normalized spacial score (nSPS) is 35.9. The molecule has 0 radical (unpaired) electrons. The number of piperidine rings is 1. The minimum atomic E-state index is 0.853. The van der Waals surface area contributed by atoms with Crippen LogP contribution in [0.5, 0.6) is 0 Å². The Balaban J connectivity index is 2.15. The van der Waals surface area contributed by atoms with Gasteiger partial charge in [-0.05, 0) is 39.0 Å². The fourth-order valence-corrected chi connectivity index (χ4v) is 2.74. The van der Waals surface area contributed by atoms with Crippen LogP contribution in [-0.4, -0.2) is 17.0 Å². The van der Waals surface area contributed by atoms with Crippen molar-refractivity contribution >= 4 is 0 Å². The lowest BCUT2D eigenvalue weighted by Gasteiger charge is -2.36. The van der Waals surface area contributed by atoms with Gasteiger partial charge in [0, 0.05) is 17.8 Å². The first-order valence-electron chi connectivity index (χ1n) is 4.73. The van der Waals surface area contributed by atoms with E-state index in [1.54, 1.807) is 0 Å². The first kappa shape index (κ1) is 7.20. The molecule has 2 heterocycles. The molecule has 0 N–H and O–H groups in total. The molecule has 2 saturated heterocycles. The van der Waals surface area contributed by atoms with Crippen LogP contribution in [-0.2, 0) is 0 Å². The molecule has 1 nitrogen and oxygen atoms in total. The zero-order valence-electron chi connectivity index (χ0n) is 7.34. The Kier molecular flexibility index (Phi) is 1.67. The Hall–Kier alpha value is -0.460. The van der Waals surface area contributed by atoms with Crippen LogP contribution in [0.4, 0.5) is 0 Å². The van der Waals surface area contributed by atoms with Crippen molar-refractivity contribution in [1.29, 1.82) is 0 Å². The zero-order chi connectivity index (χ0) is 7.84. The van der Waals surface area contributed by atoms with Crippen molar-refractivity contribution < 1.29 is 0 Å². The van der Waals surface area contributed by atoms with Gasteiger partial charge in [0.25, 0.3) is 0 Å². The van der Waals surface area contributed by atoms with E-state index in [4.69, 9.17) is 0 Å². The number of hydrogen-bond acceptors (Lipinski definition) is 1. The van der Waals surface area contributed by atoms with E-state index < -0.39 is 0 Å². The van der Waals surface area contributed by atoms with Crippen molar-refractivity contribution in [2.24, 2.45) is 0 Å². The van der Waals surface area contributed by atoms with Crippen LogP contribution < -0.4 is 0 Å². The first-order chi connectivity index (χ1) is 5.29. The van der Waals surface area contributed by atoms with Crippen LogP contribution in [0, 0.1) is 0 Å². The van der Waals surface area contributed by atoms with Gasteiger partial charge in [-0.1, -0.05) is 6.58 Å². The second kappa shape index (κ2) is 2.54. The maximum Gasteiger partial charge on any atom is 0.0290 e. The molecule has 0 aliphatic carbocycles. The van der Waals surface area contributed by atoms with Crippen LogP contribution >= 0.6 is 0 Å². The van der Waals surface area contributed by atoms with Gasteiger partial charge in [-0.15, -0.1) is 0 Å². The van der Waals surface area contributed by atoms with Gasteiger partial charge in [-0.3, -0.25) is 0 Å². The van der Waals surface area contributed by atoms with Crippen LogP contribution in [0.1, 0.15) is 39.0 Å². The molecule has 0 amide bonds. The van der Waals surface area contributed by atoms with E-state index >= 15 is 0 Å². The van der Waals surface area contributed by atoms with E-state index in [-0.39, 0.29) is 0 Å². The van der Waals surface area contributed by atoms with Gasteiger partial charge in [-0.2, -0.15) is 0 Å². The van der Waals surface area contributed by atoms with Crippen molar-refractivity contribution in [3.05, 3.63) is 12.3 Å². The predicted molar refractivity (Wildman–Crippen MR) is 47.3 cm³/mol. The maximum absolute atomic E-state index is 4.05. The summed E-state index contributed by atoms with van der Waals surface area (Å²) in [5, 5.41) is 0. The third-order valence-electron chi connectivity index (χ3n) is 3.14. The lowest BCUT2D eigenvalue weighted by molar-refractivity contribution is 0.188. The Labute approximate surface area is 69.1 Å². The molecule has 2 unspecified atom stereocenters. The lowest BCUT2D eigenvalue weighted by Crippen LogP contribution is -2.37. The monoisotopic (exact) mass is 151 g/mol. The fourth-order valence-electron chi connectivity index (χ4n) is 2.74. The SMILES string of the molecule is C=C(C)N1C2CCCC1CC2. The summed E-state index contributed by atoms with van der Waals surface area (Å²) >= 11 is 0. The third-order valence-corrected chi connectivity index (χ3v) is 3.14. The molecule has 2 fully saturated rings. The van der Waals surface area contributed by atoms with E-state index in [2.05, 4.69) is 18.4 Å². The second-order valence-electron chi connectivity index (χ2n) is 3.96. The van der Waals surface area contributed by atoms with Gasteiger partial charge in [0.05, 0.1) is 0 Å². The highest BCUT2D eigenvalue weighted by molar-refractivity contribution is 5.03. The molecular formula is C10H17N. The summed E-state index contributed by atoms with van der Waals surface area (Å²) in [6, 6.07) is 1.71. The van der Waals surface area contributed by atoms with Gasteiger partial charge >= 0.3 is 0 Å². The van der Waals surface area contributed by atoms with E-state index in [0.29, 0.717) is 0 Å². The minimum absolute atomic E-state index is 0.853. The Morgan fingerprint density at radius 3 is 2.09 bits per heavy atom. The standard InChI is InChI=1S/C10H17N/c1-8(2)11-9-4-3-5-10(11)7-6-9/h9-10H,1,3-7H2,2H3. The number of rotatable bonds is 1. The number of allylic oxidation sites excluding steroid dienone is 1. The maximum atomic E-state index is 4.05. The molecule has 11 heavy (non-hydrogen) atoms. The highest BCUT2D eigenvalue weighted by Gasteiger charge is 2.35. The summed E-state index contributed by atoms with van der Waals surface area (Å²) in [5.41, 5.74) is 1.29. The molecule has 1 heteroatoms. The molecule has 2 rings (SSSR count). The summed E-state index contributed by atoms with van der Waals surface area (Å²) < 4.78 is 0. The molecule has 62 valence electrons. The average Bonchev–Trinajstić information content (AvgIpc) is 2.23. The largest absolute Gasteiger partial charge is 0.370 e. The minimum Gasteiger partial charge on any atom is -0.370 e. The lowest BCUT2D eigenvalue weighted by atomic mass is 10.0. The average molecular weight is 151 g/mol. The topological polar surface area (TPSA) is 3.24 Å². The Morgan fingerprint density at radius 1 is 1.18 bits per heavy atom. The quantitative estimate of drug-likeness (QED) is 0.556. The van der Waals surface area contributed by atoms with Gasteiger partial charge in [-0.25, -0.2) is 0 Å². The Bertz CT molecular complexity index is 158. The number of hydrogen-bond donors (Lipinski definition) is 0. The molecule has 2 aliphatic rings. The zero-order valence-corrected chi connectivity index (χ0v) is 7.34. The molecule has 0 saturated carbocycles. The summed E-state index contributed by atoms with van der Waals surface area (Å²) in [4.78, 5) is 2.56. The molecule has 0 spiro atoms. The molecule has 2 aliphatic heterocycles. The molecule has 2 atom stereocenters. The molecule has 2 bridgehead atoms. The molecular weight excluding hydrogens is 134 g/mol. The van der Waals surface area contributed by atoms with Crippen LogP contribution in [0.25, 0.3) is 0 Å². The third kappa shape index (κ3) is 1.07. The van der Waals surface area contributed by atoms with Gasteiger partial charge in [0.1, 0.15) is 0 Å². The number of nitrogens with zero attached hydrogens (tertiary/aromatic N) is 1. The van der Waals surface area contributed by atoms with Crippen molar-refractivity contribution in [3.8, 4) is 0 Å². The number of fused-ring (bicyclic) bond motifs is 2. The van der Waals surface area contributed by atoms with Crippen molar-refractivity contribution in [2.45, 2.75) is 51.1 Å². The summed E-state index contributed by atoms with van der Waals surface area (Å²) in [5.74, 6) is 0. The van der Waals surface area contributed by atoms with E-state index in [0.717, 1.165) is 12.1 Å². The fraction of sp³-hybridized carbons (Fsp3) is 0.800. The highest BCUT2D eigenvalue weighted by atomic mass is 15.2. The van der Waals surface area contributed by atoms with E-state index in [1.807, 2.05) is 0 Å². The Morgan fingerprint density at radius 2 is 1.73 bits per heavy atom. The van der Waals surface area contributed by atoms with E-state index in [9.17, 15) is 0 Å². The van der Waals surface area contributed by atoms with Crippen molar-refractivity contribution in [1.82, 2.24) is 4.90 Å².